The molecule has 7 heteroatoms. The summed E-state index contributed by atoms with van der Waals surface area (Å²) < 4.78 is 2.21. The van der Waals surface area contributed by atoms with E-state index in [1.54, 1.807) is 0 Å². The van der Waals surface area contributed by atoms with Gasteiger partial charge in [-0.15, -0.1) is 10.2 Å². The molecular formula is C28H27N5OS. The van der Waals surface area contributed by atoms with Gasteiger partial charge in [0.2, 0.25) is 11.1 Å². The molecule has 1 amide bonds. The van der Waals surface area contributed by atoms with E-state index in [1.807, 2.05) is 55.5 Å². The molecule has 0 fully saturated rings. The molecule has 0 spiro atoms. The smallest absolute Gasteiger partial charge is 0.220 e. The second kappa shape index (κ2) is 10.7. The average molecular weight is 482 g/mol. The molecule has 5 aromatic rings. The maximum absolute atomic E-state index is 12.4. The third-order valence-corrected chi connectivity index (χ3v) is 6.92. The van der Waals surface area contributed by atoms with Gasteiger partial charge in [-0.2, -0.15) is 0 Å². The fraction of sp³-hybridized carbons (Fsp3) is 0.214. The lowest BCUT2D eigenvalue weighted by atomic mass is 10.1. The van der Waals surface area contributed by atoms with Crippen LogP contribution in [-0.2, 0) is 11.3 Å². The summed E-state index contributed by atoms with van der Waals surface area (Å²) >= 11 is 1.54. The lowest BCUT2D eigenvalue weighted by Gasteiger charge is -2.14. The molecule has 0 radical (unpaired) electrons. The Morgan fingerprint density at radius 2 is 1.66 bits per heavy atom. The van der Waals surface area contributed by atoms with Crippen molar-refractivity contribution in [2.45, 2.75) is 37.5 Å². The highest BCUT2D eigenvalue weighted by molar-refractivity contribution is 7.99. The Bertz CT molecular complexity index is 1440. The van der Waals surface area contributed by atoms with Gasteiger partial charge in [0.25, 0.3) is 0 Å². The number of carbonyl (C=O) groups is 1. The van der Waals surface area contributed by atoms with E-state index in [9.17, 15) is 4.79 Å². The molecule has 0 bridgehead atoms. The summed E-state index contributed by atoms with van der Waals surface area (Å²) in [5.74, 6) is 0.804. The van der Waals surface area contributed by atoms with Gasteiger partial charge in [-0.3, -0.25) is 4.79 Å². The summed E-state index contributed by atoms with van der Waals surface area (Å²) in [6.07, 6.45) is 1.21. The van der Waals surface area contributed by atoms with E-state index >= 15 is 0 Å². The molecule has 0 saturated heterocycles. The molecule has 0 saturated carbocycles. The monoisotopic (exact) mass is 481 g/mol. The second-order valence-electron chi connectivity index (χ2n) is 8.51. The van der Waals surface area contributed by atoms with Gasteiger partial charge in [0.05, 0.1) is 11.6 Å². The molecule has 3 aromatic carbocycles. The molecule has 6 nitrogen and oxygen atoms in total. The third kappa shape index (κ3) is 5.35. The third-order valence-electron chi connectivity index (χ3n) is 5.99. The minimum absolute atomic E-state index is 0.00201. The van der Waals surface area contributed by atoms with Crippen molar-refractivity contribution in [3.63, 3.8) is 0 Å². The number of nitrogens with zero attached hydrogens (tertiary/aromatic N) is 4. The minimum atomic E-state index is -0.00201. The SMILES string of the molecule is CC(NC(=O)CCCSc1nnc2c3ccccc3n(Cc3ccccc3)c2n1)c1ccccc1. The van der Waals surface area contributed by atoms with Crippen LogP contribution in [0.15, 0.2) is 90.1 Å². The van der Waals surface area contributed by atoms with Crippen molar-refractivity contribution in [2.24, 2.45) is 0 Å². The summed E-state index contributed by atoms with van der Waals surface area (Å²) in [6, 6.07) is 28.6. The van der Waals surface area contributed by atoms with E-state index in [2.05, 4.69) is 56.5 Å². The lowest BCUT2D eigenvalue weighted by Crippen LogP contribution is -2.26. The van der Waals surface area contributed by atoms with Crippen molar-refractivity contribution >= 4 is 39.7 Å². The summed E-state index contributed by atoms with van der Waals surface area (Å²) in [5.41, 5.74) is 5.06. The molecule has 1 N–H and O–H groups in total. The molecule has 176 valence electrons. The zero-order chi connectivity index (χ0) is 24.0. The standard InChI is InChI=1S/C28H27N5OS/c1-20(22-13-6-3-7-14-22)29-25(34)17-10-18-35-28-30-27-26(31-32-28)23-15-8-9-16-24(23)33(27)19-21-11-4-2-5-12-21/h2-9,11-16,20H,10,17-19H2,1H3,(H,29,34). The first-order valence-electron chi connectivity index (χ1n) is 11.8. The van der Waals surface area contributed by atoms with Gasteiger partial charge in [0, 0.05) is 24.1 Å². The number of fused-ring (bicyclic) bond motifs is 3. The van der Waals surface area contributed by atoms with Crippen LogP contribution in [0.3, 0.4) is 0 Å². The van der Waals surface area contributed by atoms with Gasteiger partial charge < -0.3 is 9.88 Å². The topological polar surface area (TPSA) is 72.7 Å². The molecule has 35 heavy (non-hydrogen) atoms. The summed E-state index contributed by atoms with van der Waals surface area (Å²) in [5, 5.41) is 13.7. The van der Waals surface area contributed by atoms with Crippen LogP contribution in [0.2, 0.25) is 0 Å². The Labute approximate surface area is 208 Å². The molecule has 0 aliphatic rings. The van der Waals surface area contributed by atoms with E-state index in [0.717, 1.165) is 39.8 Å². The number of nitrogens with one attached hydrogen (secondary N) is 1. The maximum Gasteiger partial charge on any atom is 0.220 e. The Kier molecular flexibility index (Phi) is 7.04. The summed E-state index contributed by atoms with van der Waals surface area (Å²) in [7, 11) is 0. The van der Waals surface area contributed by atoms with Crippen LogP contribution in [-0.4, -0.2) is 31.4 Å². The highest BCUT2D eigenvalue weighted by atomic mass is 32.2. The normalized spacial score (nSPS) is 12.1. The lowest BCUT2D eigenvalue weighted by molar-refractivity contribution is -0.121. The fourth-order valence-electron chi connectivity index (χ4n) is 4.21. The second-order valence-corrected chi connectivity index (χ2v) is 9.57. The van der Waals surface area contributed by atoms with Gasteiger partial charge in [-0.25, -0.2) is 4.98 Å². The zero-order valence-electron chi connectivity index (χ0n) is 19.6. The highest BCUT2D eigenvalue weighted by Gasteiger charge is 2.15. The highest BCUT2D eigenvalue weighted by Crippen LogP contribution is 2.28. The van der Waals surface area contributed by atoms with Crippen LogP contribution < -0.4 is 5.32 Å². The Morgan fingerprint density at radius 1 is 0.943 bits per heavy atom. The van der Waals surface area contributed by atoms with E-state index in [1.165, 1.54) is 17.3 Å². The van der Waals surface area contributed by atoms with Crippen LogP contribution in [0.25, 0.3) is 22.1 Å². The Morgan fingerprint density at radius 3 is 2.46 bits per heavy atom. The largest absolute Gasteiger partial charge is 0.350 e. The quantitative estimate of drug-likeness (QED) is 0.213. The number of amides is 1. The number of hydrogen-bond acceptors (Lipinski definition) is 5. The van der Waals surface area contributed by atoms with Crippen LogP contribution in [0, 0.1) is 0 Å². The van der Waals surface area contributed by atoms with Gasteiger partial charge in [-0.05, 0) is 30.5 Å². The Balaban J connectivity index is 1.25. The van der Waals surface area contributed by atoms with Crippen LogP contribution >= 0.6 is 11.8 Å². The average Bonchev–Trinajstić information content (AvgIpc) is 3.20. The van der Waals surface area contributed by atoms with E-state index < -0.39 is 0 Å². The number of benzene rings is 3. The van der Waals surface area contributed by atoms with E-state index in [4.69, 9.17) is 4.98 Å². The van der Waals surface area contributed by atoms with Crippen molar-refractivity contribution in [3.8, 4) is 0 Å². The predicted octanol–water partition coefficient (Wildman–Crippen LogP) is 5.78. The van der Waals surface area contributed by atoms with E-state index in [-0.39, 0.29) is 11.9 Å². The number of rotatable bonds is 9. The van der Waals surface area contributed by atoms with Crippen molar-refractivity contribution < 1.29 is 4.79 Å². The predicted molar refractivity (Wildman–Crippen MR) is 141 cm³/mol. The first kappa shape index (κ1) is 23.1. The van der Waals surface area contributed by atoms with Crippen LogP contribution in [0.4, 0.5) is 0 Å². The first-order chi connectivity index (χ1) is 17.2. The molecule has 0 aliphatic carbocycles. The van der Waals surface area contributed by atoms with Gasteiger partial charge >= 0.3 is 0 Å². The fourth-order valence-corrected chi connectivity index (χ4v) is 4.93. The molecule has 2 heterocycles. The van der Waals surface area contributed by atoms with E-state index in [0.29, 0.717) is 18.1 Å². The van der Waals surface area contributed by atoms with Gasteiger partial charge in [0.15, 0.2) is 5.65 Å². The minimum Gasteiger partial charge on any atom is -0.350 e. The van der Waals surface area contributed by atoms with Gasteiger partial charge in [-0.1, -0.05) is 90.6 Å². The summed E-state index contributed by atoms with van der Waals surface area (Å²) in [4.78, 5) is 17.2. The van der Waals surface area contributed by atoms with Crippen molar-refractivity contribution in [3.05, 3.63) is 96.1 Å². The summed E-state index contributed by atoms with van der Waals surface area (Å²) in [6.45, 7) is 2.72. The zero-order valence-corrected chi connectivity index (χ0v) is 20.4. The van der Waals surface area contributed by atoms with Crippen molar-refractivity contribution in [1.29, 1.82) is 0 Å². The van der Waals surface area contributed by atoms with Gasteiger partial charge in [0.1, 0.15) is 5.52 Å². The molecule has 1 atom stereocenters. The number of thioether (sulfide) groups is 1. The van der Waals surface area contributed by atoms with Crippen LogP contribution in [0.5, 0.6) is 0 Å². The molecule has 0 aliphatic heterocycles. The molecule has 2 aromatic heterocycles. The molecular weight excluding hydrogens is 454 g/mol. The number of para-hydroxylation sites is 1. The first-order valence-corrected chi connectivity index (χ1v) is 12.8. The maximum atomic E-state index is 12.4. The molecule has 5 rings (SSSR count). The molecule has 1 unspecified atom stereocenters. The van der Waals surface area contributed by atoms with Crippen molar-refractivity contribution in [2.75, 3.05) is 5.75 Å². The number of aromatic nitrogens is 4. The van der Waals surface area contributed by atoms with Crippen LogP contribution in [0.1, 0.15) is 36.9 Å². The Hall–Kier alpha value is -3.71. The number of carbonyl (C=O) groups excluding carboxylic acids is 1. The van der Waals surface area contributed by atoms with Crippen molar-refractivity contribution in [1.82, 2.24) is 25.1 Å². The number of hydrogen-bond donors (Lipinski definition) is 1.